The second kappa shape index (κ2) is 15.1. The van der Waals surface area contributed by atoms with E-state index in [1.165, 1.54) is 35.2 Å². The van der Waals surface area contributed by atoms with E-state index >= 15 is 0 Å². The molecule has 0 radical (unpaired) electrons. The second-order valence-electron chi connectivity index (χ2n) is 10.9. The molecule has 1 unspecified atom stereocenters. The summed E-state index contributed by atoms with van der Waals surface area (Å²) in [6.07, 6.45) is 0.189. The molecule has 7 nitrogen and oxygen atoms in total. The average molecular weight is 687 g/mol. The summed E-state index contributed by atoms with van der Waals surface area (Å²) in [6, 6.07) is 25.8. The lowest BCUT2D eigenvalue weighted by atomic mass is 10.0. The Hall–Kier alpha value is -3.56. The fourth-order valence-corrected chi connectivity index (χ4v) is 6.87. The van der Waals surface area contributed by atoms with E-state index in [9.17, 15) is 18.0 Å². The number of amides is 2. The minimum absolute atomic E-state index is 0.00982. The molecule has 1 N–H and O–H groups in total. The molecule has 1 atom stereocenters. The summed E-state index contributed by atoms with van der Waals surface area (Å²) >= 11 is 19.1. The van der Waals surface area contributed by atoms with Crippen LogP contribution in [0.5, 0.6) is 0 Å². The summed E-state index contributed by atoms with van der Waals surface area (Å²) < 4.78 is 29.3. The van der Waals surface area contributed by atoms with Gasteiger partial charge in [0.2, 0.25) is 11.8 Å². The Bertz CT molecular complexity index is 1750. The summed E-state index contributed by atoms with van der Waals surface area (Å²) in [5.41, 5.74) is 2.39. The lowest BCUT2D eigenvalue weighted by Gasteiger charge is -2.34. The number of hydrogen-bond acceptors (Lipinski definition) is 4. The molecule has 2 amide bonds. The molecule has 0 aromatic heterocycles. The zero-order chi connectivity index (χ0) is 32.7. The SMILES string of the molecule is Cc1ccc(S(=O)(=O)N(CC(=O)N(Cc2cccc(Cl)c2)C(Cc2ccccc2)C(=O)NC(C)C)c2cc(Cl)ccc2Cl)cc1. The monoisotopic (exact) mass is 685 g/mol. The zero-order valence-electron chi connectivity index (χ0n) is 25.1. The number of anilines is 1. The Morgan fingerprint density at radius 1 is 0.800 bits per heavy atom. The molecule has 4 aromatic rings. The van der Waals surface area contributed by atoms with Gasteiger partial charge in [0.1, 0.15) is 12.6 Å². The molecule has 236 valence electrons. The number of aryl methyl sites for hydroxylation is 1. The van der Waals surface area contributed by atoms with E-state index in [-0.39, 0.29) is 45.5 Å². The number of halogens is 3. The third-order valence-corrected chi connectivity index (χ3v) is 9.57. The Labute approximate surface area is 279 Å². The van der Waals surface area contributed by atoms with Gasteiger partial charge in [0, 0.05) is 29.1 Å². The molecule has 0 fully saturated rings. The second-order valence-corrected chi connectivity index (χ2v) is 14.1. The van der Waals surface area contributed by atoms with Gasteiger partial charge in [0.05, 0.1) is 15.6 Å². The van der Waals surface area contributed by atoms with Gasteiger partial charge in [-0.15, -0.1) is 0 Å². The summed E-state index contributed by atoms with van der Waals surface area (Å²) in [7, 11) is -4.32. The van der Waals surface area contributed by atoms with Crippen LogP contribution in [0.4, 0.5) is 5.69 Å². The molecule has 0 spiro atoms. The van der Waals surface area contributed by atoms with Gasteiger partial charge >= 0.3 is 0 Å². The first-order chi connectivity index (χ1) is 21.3. The number of hydrogen-bond donors (Lipinski definition) is 1. The minimum Gasteiger partial charge on any atom is -0.352 e. The topological polar surface area (TPSA) is 86.8 Å². The molecular formula is C34H34Cl3N3O4S. The summed E-state index contributed by atoms with van der Waals surface area (Å²) in [6.45, 7) is 4.84. The van der Waals surface area contributed by atoms with Crippen molar-refractivity contribution in [3.63, 3.8) is 0 Å². The van der Waals surface area contributed by atoms with Gasteiger partial charge in [-0.25, -0.2) is 8.42 Å². The fourth-order valence-electron chi connectivity index (χ4n) is 4.79. The Morgan fingerprint density at radius 3 is 2.09 bits per heavy atom. The van der Waals surface area contributed by atoms with Gasteiger partial charge in [-0.1, -0.05) is 95.0 Å². The molecule has 45 heavy (non-hydrogen) atoms. The molecule has 0 heterocycles. The van der Waals surface area contributed by atoms with Crippen LogP contribution in [0.3, 0.4) is 0 Å². The van der Waals surface area contributed by atoms with Crippen LogP contribution in [0, 0.1) is 6.92 Å². The van der Waals surface area contributed by atoms with E-state index < -0.39 is 28.5 Å². The molecule has 0 bridgehead atoms. The van der Waals surface area contributed by atoms with Crippen LogP contribution in [0.15, 0.2) is 102 Å². The van der Waals surface area contributed by atoms with Gasteiger partial charge in [0.15, 0.2) is 0 Å². The van der Waals surface area contributed by atoms with Crippen LogP contribution in [0.2, 0.25) is 15.1 Å². The van der Waals surface area contributed by atoms with E-state index in [1.54, 1.807) is 36.4 Å². The number of nitrogens with one attached hydrogen (secondary N) is 1. The third-order valence-electron chi connectivity index (χ3n) is 7.01. The van der Waals surface area contributed by atoms with Crippen molar-refractivity contribution in [3.8, 4) is 0 Å². The number of sulfonamides is 1. The van der Waals surface area contributed by atoms with Crippen molar-refractivity contribution in [3.05, 3.63) is 129 Å². The molecule has 0 aliphatic heterocycles. The highest BCUT2D eigenvalue weighted by Gasteiger charge is 2.35. The number of carbonyl (C=O) groups is 2. The van der Waals surface area contributed by atoms with Crippen LogP contribution < -0.4 is 9.62 Å². The zero-order valence-corrected chi connectivity index (χ0v) is 28.2. The van der Waals surface area contributed by atoms with Crippen LogP contribution in [-0.4, -0.2) is 43.8 Å². The lowest BCUT2D eigenvalue weighted by molar-refractivity contribution is -0.140. The first-order valence-corrected chi connectivity index (χ1v) is 16.8. The maximum absolute atomic E-state index is 14.5. The number of nitrogens with zero attached hydrogens (tertiary/aromatic N) is 2. The van der Waals surface area contributed by atoms with E-state index in [4.69, 9.17) is 34.8 Å². The number of carbonyl (C=O) groups excluding carboxylic acids is 2. The van der Waals surface area contributed by atoms with Gasteiger partial charge in [-0.2, -0.15) is 0 Å². The molecule has 0 saturated carbocycles. The van der Waals surface area contributed by atoms with Crippen LogP contribution in [-0.2, 0) is 32.6 Å². The van der Waals surface area contributed by atoms with E-state index in [0.717, 1.165) is 15.4 Å². The number of rotatable bonds is 12. The van der Waals surface area contributed by atoms with Crippen molar-refractivity contribution in [1.82, 2.24) is 10.2 Å². The van der Waals surface area contributed by atoms with Gasteiger partial charge in [-0.3, -0.25) is 13.9 Å². The van der Waals surface area contributed by atoms with E-state index in [0.29, 0.717) is 10.6 Å². The summed E-state index contributed by atoms with van der Waals surface area (Å²) in [5.74, 6) is -1.00. The predicted octanol–water partition coefficient (Wildman–Crippen LogP) is 7.32. The van der Waals surface area contributed by atoms with Crippen molar-refractivity contribution in [1.29, 1.82) is 0 Å². The smallest absolute Gasteiger partial charge is 0.264 e. The molecular weight excluding hydrogens is 653 g/mol. The van der Waals surface area contributed by atoms with E-state index in [2.05, 4.69) is 5.32 Å². The Balaban J connectivity index is 1.84. The predicted molar refractivity (Wildman–Crippen MR) is 181 cm³/mol. The maximum Gasteiger partial charge on any atom is 0.264 e. The van der Waals surface area contributed by atoms with Crippen LogP contribution in [0.25, 0.3) is 0 Å². The highest BCUT2D eigenvalue weighted by molar-refractivity contribution is 7.92. The molecule has 0 saturated heterocycles. The highest BCUT2D eigenvalue weighted by Crippen LogP contribution is 2.33. The first-order valence-electron chi connectivity index (χ1n) is 14.3. The number of benzene rings is 4. The molecule has 4 rings (SSSR count). The molecule has 11 heteroatoms. The molecule has 4 aromatic carbocycles. The Morgan fingerprint density at radius 2 is 1.44 bits per heavy atom. The normalized spacial score (nSPS) is 12.1. The maximum atomic E-state index is 14.5. The largest absolute Gasteiger partial charge is 0.352 e. The molecule has 0 aliphatic carbocycles. The fraction of sp³-hybridized carbons (Fsp3) is 0.235. The lowest BCUT2D eigenvalue weighted by Crippen LogP contribution is -2.54. The standard InChI is InChI=1S/C34H34Cl3N3O4S/c1-23(2)38-34(42)32(19-25-8-5-4-6-9-25)39(21-26-10-7-11-27(35)18-26)33(41)22-40(31-20-28(36)14-17-30(31)37)45(43,44)29-15-12-24(3)13-16-29/h4-18,20,23,32H,19,21-22H2,1-3H3,(H,38,42). The minimum atomic E-state index is -4.32. The van der Waals surface area contributed by atoms with Crippen LogP contribution in [0.1, 0.15) is 30.5 Å². The van der Waals surface area contributed by atoms with Crippen molar-refractivity contribution in [2.45, 2.75) is 50.7 Å². The van der Waals surface area contributed by atoms with Gasteiger partial charge in [-0.05, 0) is 74.4 Å². The van der Waals surface area contributed by atoms with Gasteiger partial charge < -0.3 is 10.2 Å². The van der Waals surface area contributed by atoms with Crippen molar-refractivity contribution >= 4 is 62.3 Å². The van der Waals surface area contributed by atoms with E-state index in [1.807, 2.05) is 51.1 Å². The average Bonchev–Trinajstić information content (AvgIpc) is 2.99. The van der Waals surface area contributed by atoms with Crippen molar-refractivity contribution in [2.24, 2.45) is 0 Å². The summed E-state index contributed by atoms with van der Waals surface area (Å²) in [4.78, 5) is 29.6. The van der Waals surface area contributed by atoms with Crippen molar-refractivity contribution < 1.29 is 18.0 Å². The van der Waals surface area contributed by atoms with Crippen molar-refractivity contribution in [2.75, 3.05) is 10.8 Å². The summed E-state index contributed by atoms with van der Waals surface area (Å²) in [5, 5.41) is 3.71. The quantitative estimate of drug-likeness (QED) is 0.169. The highest BCUT2D eigenvalue weighted by atomic mass is 35.5. The molecule has 0 aliphatic rings. The van der Waals surface area contributed by atoms with Gasteiger partial charge in [0.25, 0.3) is 10.0 Å². The third kappa shape index (κ3) is 9.01. The van der Waals surface area contributed by atoms with Crippen LogP contribution >= 0.6 is 34.8 Å². The first kappa shape index (κ1) is 34.3. The Kier molecular flexibility index (Phi) is 11.6.